The van der Waals surface area contributed by atoms with Gasteiger partial charge in [-0.2, -0.15) is 0 Å². The number of esters is 2. The lowest BCUT2D eigenvalue weighted by atomic mass is 10.0. The maximum Gasteiger partial charge on any atom is 0.340 e. The third-order valence-corrected chi connectivity index (χ3v) is 6.84. The van der Waals surface area contributed by atoms with Crippen LogP contribution in [0.2, 0.25) is 0 Å². The molecule has 1 aliphatic carbocycles. The Morgan fingerprint density at radius 1 is 1.06 bits per heavy atom. The average Bonchev–Trinajstić information content (AvgIpc) is 3.61. The van der Waals surface area contributed by atoms with E-state index in [4.69, 9.17) is 9.47 Å². The molecule has 172 valence electrons. The van der Waals surface area contributed by atoms with E-state index in [9.17, 15) is 18.0 Å². The third kappa shape index (κ3) is 5.04. The lowest BCUT2D eigenvalue weighted by molar-refractivity contribution is 0.0444. The molecule has 0 unspecified atom stereocenters. The second-order valence-corrected chi connectivity index (χ2v) is 9.51. The van der Waals surface area contributed by atoms with E-state index in [1.165, 1.54) is 24.3 Å². The molecule has 9 heteroatoms. The van der Waals surface area contributed by atoms with E-state index in [0.717, 1.165) is 18.2 Å². The number of benzene rings is 2. The van der Waals surface area contributed by atoms with Gasteiger partial charge in [-0.1, -0.05) is 24.3 Å². The van der Waals surface area contributed by atoms with Gasteiger partial charge in [-0.05, 0) is 56.5 Å². The molecular formula is C24H24N2O6S. The summed E-state index contributed by atoms with van der Waals surface area (Å²) in [6.45, 7) is 3.43. The van der Waals surface area contributed by atoms with Crippen LogP contribution in [0.3, 0.4) is 0 Å². The van der Waals surface area contributed by atoms with E-state index < -0.39 is 22.0 Å². The molecule has 1 N–H and O–H groups in total. The number of hydrogen-bond donors (Lipinski definition) is 1. The Hall–Kier alpha value is -3.30. The summed E-state index contributed by atoms with van der Waals surface area (Å²) < 4.78 is 38.1. The van der Waals surface area contributed by atoms with Gasteiger partial charge in [-0.3, -0.25) is 0 Å². The molecule has 1 aromatic heterocycles. The summed E-state index contributed by atoms with van der Waals surface area (Å²) in [4.78, 5) is 29.8. The molecular weight excluding hydrogens is 444 g/mol. The number of fused-ring (bicyclic) bond motifs is 1. The molecule has 1 saturated carbocycles. The Labute approximate surface area is 192 Å². The van der Waals surface area contributed by atoms with E-state index in [0.29, 0.717) is 11.1 Å². The minimum absolute atomic E-state index is 0.00395. The first-order chi connectivity index (χ1) is 15.8. The second kappa shape index (κ2) is 9.29. The third-order valence-electron chi connectivity index (χ3n) is 5.33. The molecule has 1 aliphatic rings. The smallest absolute Gasteiger partial charge is 0.340 e. The maximum atomic E-state index is 12.7. The number of ether oxygens (including phenoxy) is 2. The van der Waals surface area contributed by atoms with Gasteiger partial charge in [0.15, 0.2) is 0 Å². The second-order valence-electron chi connectivity index (χ2n) is 7.80. The molecule has 3 aromatic rings. The van der Waals surface area contributed by atoms with Crippen molar-refractivity contribution in [1.82, 2.24) is 9.71 Å². The van der Waals surface area contributed by atoms with Gasteiger partial charge in [0.2, 0.25) is 10.0 Å². The Balaban J connectivity index is 1.59. The monoisotopic (exact) mass is 468 g/mol. The van der Waals surface area contributed by atoms with Crippen LogP contribution in [0.4, 0.5) is 0 Å². The van der Waals surface area contributed by atoms with E-state index in [1.807, 2.05) is 24.3 Å². The molecule has 0 radical (unpaired) electrons. The van der Waals surface area contributed by atoms with Crippen LogP contribution < -0.4 is 4.72 Å². The largest absolute Gasteiger partial charge is 0.462 e. The summed E-state index contributed by atoms with van der Waals surface area (Å²) in [5.74, 6) is -1.26. The number of rotatable bonds is 8. The summed E-state index contributed by atoms with van der Waals surface area (Å²) in [6.07, 6.45) is 1.61. The molecule has 33 heavy (non-hydrogen) atoms. The Morgan fingerprint density at radius 3 is 2.55 bits per heavy atom. The first kappa shape index (κ1) is 22.9. The number of carbonyl (C=O) groups excluding carboxylic acids is 2. The molecule has 2 aromatic carbocycles. The first-order valence-electron chi connectivity index (χ1n) is 10.6. The van der Waals surface area contributed by atoms with Gasteiger partial charge < -0.3 is 9.47 Å². The van der Waals surface area contributed by atoms with E-state index in [1.54, 1.807) is 13.8 Å². The fourth-order valence-corrected chi connectivity index (χ4v) is 4.87. The van der Waals surface area contributed by atoms with Crippen LogP contribution in [0.15, 0.2) is 53.4 Å². The van der Waals surface area contributed by atoms with Crippen molar-refractivity contribution in [2.45, 2.75) is 44.2 Å². The SMILES string of the molecule is CCOC(=O)c1c(COC(=O)c2cccc(S(=O)(=O)NC3CC3)c2)nc2ccccc2c1C. The zero-order valence-electron chi connectivity index (χ0n) is 18.3. The number of hydrogen-bond acceptors (Lipinski definition) is 7. The van der Waals surface area contributed by atoms with Crippen LogP contribution in [-0.4, -0.2) is 38.0 Å². The van der Waals surface area contributed by atoms with Crippen molar-refractivity contribution in [3.8, 4) is 0 Å². The van der Waals surface area contributed by atoms with Gasteiger partial charge in [0.05, 0.1) is 33.8 Å². The standard InChI is InChI=1S/C24H24N2O6S/c1-3-31-24(28)22-15(2)19-9-4-5-10-20(19)25-21(22)14-32-23(27)16-7-6-8-18(13-16)33(29,30)26-17-11-12-17/h4-10,13,17,26H,3,11-12,14H2,1-2H3. The van der Waals surface area contributed by atoms with Crippen molar-refractivity contribution in [2.75, 3.05) is 6.61 Å². The van der Waals surface area contributed by atoms with Gasteiger partial charge in [-0.25, -0.2) is 27.7 Å². The minimum Gasteiger partial charge on any atom is -0.462 e. The topological polar surface area (TPSA) is 112 Å². The van der Waals surface area contributed by atoms with Crippen LogP contribution in [-0.2, 0) is 26.1 Å². The van der Waals surface area contributed by atoms with Gasteiger partial charge in [-0.15, -0.1) is 0 Å². The number of carbonyl (C=O) groups is 2. The first-order valence-corrected chi connectivity index (χ1v) is 12.1. The minimum atomic E-state index is -3.71. The highest BCUT2D eigenvalue weighted by atomic mass is 32.2. The fraction of sp³-hybridized carbons (Fsp3) is 0.292. The van der Waals surface area contributed by atoms with Gasteiger partial charge >= 0.3 is 11.9 Å². The molecule has 0 bridgehead atoms. The van der Waals surface area contributed by atoms with E-state index in [-0.39, 0.29) is 41.0 Å². The molecule has 8 nitrogen and oxygen atoms in total. The highest BCUT2D eigenvalue weighted by Gasteiger charge is 2.28. The number of aryl methyl sites for hydroxylation is 1. The highest BCUT2D eigenvalue weighted by Crippen LogP contribution is 2.25. The fourth-order valence-electron chi connectivity index (χ4n) is 3.52. The van der Waals surface area contributed by atoms with Crippen LogP contribution in [0.1, 0.15) is 51.7 Å². The summed E-state index contributed by atoms with van der Waals surface area (Å²) in [7, 11) is -3.71. The normalized spacial score (nSPS) is 13.6. The quantitative estimate of drug-likeness (QED) is 0.504. The number of nitrogens with zero attached hydrogens (tertiary/aromatic N) is 1. The van der Waals surface area contributed by atoms with Crippen LogP contribution in [0.5, 0.6) is 0 Å². The predicted octanol–water partition coefficient (Wildman–Crippen LogP) is 3.52. The van der Waals surface area contributed by atoms with E-state index >= 15 is 0 Å². The molecule has 1 fully saturated rings. The Kier molecular flexibility index (Phi) is 6.44. The summed E-state index contributed by atoms with van der Waals surface area (Å²) in [6, 6.07) is 13.0. The van der Waals surface area contributed by atoms with E-state index in [2.05, 4.69) is 9.71 Å². The summed E-state index contributed by atoms with van der Waals surface area (Å²) >= 11 is 0. The number of aromatic nitrogens is 1. The summed E-state index contributed by atoms with van der Waals surface area (Å²) in [5, 5.41) is 0.803. The zero-order valence-corrected chi connectivity index (χ0v) is 19.1. The molecule has 0 spiro atoms. The van der Waals surface area contributed by atoms with Crippen molar-refractivity contribution < 1.29 is 27.5 Å². The lowest BCUT2D eigenvalue weighted by Crippen LogP contribution is -2.25. The van der Waals surface area contributed by atoms with Crippen molar-refractivity contribution >= 4 is 32.9 Å². The van der Waals surface area contributed by atoms with Gasteiger partial charge in [0, 0.05) is 11.4 Å². The highest BCUT2D eigenvalue weighted by molar-refractivity contribution is 7.89. The number of nitrogens with one attached hydrogen (secondary N) is 1. The molecule has 0 atom stereocenters. The zero-order chi connectivity index (χ0) is 23.6. The van der Waals surface area contributed by atoms with Crippen molar-refractivity contribution in [3.63, 3.8) is 0 Å². The van der Waals surface area contributed by atoms with Crippen molar-refractivity contribution in [3.05, 3.63) is 70.9 Å². The van der Waals surface area contributed by atoms with Crippen LogP contribution >= 0.6 is 0 Å². The van der Waals surface area contributed by atoms with Gasteiger partial charge in [0.1, 0.15) is 6.61 Å². The molecule has 1 heterocycles. The lowest BCUT2D eigenvalue weighted by Gasteiger charge is -2.14. The van der Waals surface area contributed by atoms with Crippen molar-refractivity contribution in [2.24, 2.45) is 0 Å². The maximum absolute atomic E-state index is 12.7. The number of sulfonamides is 1. The molecule has 0 aliphatic heterocycles. The van der Waals surface area contributed by atoms with Crippen molar-refractivity contribution in [1.29, 1.82) is 0 Å². The molecule has 4 rings (SSSR count). The number of pyridine rings is 1. The van der Waals surface area contributed by atoms with Crippen LogP contribution in [0.25, 0.3) is 10.9 Å². The Morgan fingerprint density at radius 2 is 1.82 bits per heavy atom. The van der Waals surface area contributed by atoms with Crippen LogP contribution in [0, 0.1) is 6.92 Å². The Bertz CT molecular complexity index is 1330. The van der Waals surface area contributed by atoms with Gasteiger partial charge in [0.25, 0.3) is 0 Å². The molecule has 0 saturated heterocycles. The predicted molar refractivity (Wildman–Crippen MR) is 121 cm³/mol. The summed E-state index contributed by atoms with van der Waals surface area (Å²) in [5.41, 5.74) is 1.96. The number of para-hydroxylation sites is 1. The average molecular weight is 469 g/mol. The molecule has 0 amide bonds.